The van der Waals surface area contributed by atoms with Gasteiger partial charge in [0.25, 0.3) is 0 Å². The minimum absolute atomic E-state index is 0.0249. The molecule has 0 aliphatic heterocycles. The zero-order valence-electron chi connectivity index (χ0n) is 11.8. The van der Waals surface area contributed by atoms with Crippen LogP contribution in [0.4, 0.5) is 0 Å². The van der Waals surface area contributed by atoms with Gasteiger partial charge in [0.2, 0.25) is 5.91 Å². The van der Waals surface area contributed by atoms with E-state index in [9.17, 15) is 4.79 Å². The highest BCUT2D eigenvalue weighted by molar-refractivity contribution is 7.71. The second kappa shape index (κ2) is 6.61. The second-order valence-corrected chi connectivity index (χ2v) is 5.11. The number of carbonyl (C=O) groups excluding carboxylic acids is 1. The molecule has 1 amide bonds. The van der Waals surface area contributed by atoms with Crippen LogP contribution in [0.2, 0.25) is 0 Å². The summed E-state index contributed by atoms with van der Waals surface area (Å²) >= 11 is 5.46. The number of hydrogen-bond donors (Lipinski definition) is 1. The largest absolute Gasteiger partial charge is 0.273 e. The van der Waals surface area contributed by atoms with Gasteiger partial charge in [0.05, 0.1) is 0 Å². The molecule has 2 rings (SSSR count). The molecule has 0 spiro atoms. The Hall–Kier alpha value is -1.75. The van der Waals surface area contributed by atoms with Crippen LogP contribution in [0.1, 0.15) is 38.7 Å². The van der Waals surface area contributed by atoms with Gasteiger partial charge >= 0.3 is 0 Å². The third kappa shape index (κ3) is 3.04. The summed E-state index contributed by atoms with van der Waals surface area (Å²) in [5.74, 6) is -0.0249. The van der Waals surface area contributed by atoms with Gasteiger partial charge in [0.15, 0.2) is 5.65 Å². The maximum absolute atomic E-state index is 12.0. The highest BCUT2D eigenvalue weighted by atomic mass is 32.1. The Bertz CT molecular complexity index is 678. The Morgan fingerprint density at radius 3 is 2.95 bits per heavy atom. The molecule has 0 saturated carbocycles. The minimum atomic E-state index is -0.0249. The van der Waals surface area contributed by atoms with Crippen molar-refractivity contribution in [1.29, 1.82) is 0 Å². The van der Waals surface area contributed by atoms with Gasteiger partial charge < -0.3 is 0 Å². The van der Waals surface area contributed by atoms with Crippen molar-refractivity contribution in [2.24, 2.45) is 0 Å². The van der Waals surface area contributed by atoms with E-state index in [1.807, 2.05) is 18.2 Å². The normalized spacial score (nSPS) is 10.7. The highest BCUT2D eigenvalue weighted by Crippen LogP contribution is 2.15. The number of aromatic nitrogens is 2. The van der Waals surface area contributed by atoms with Crippen molar-refractivity contribution in [1.82, 2.24) is 9.66 Å². The second-order valence-electron chi connectivity index (χ2n) is 4.72. The van der Waals surface area contributed by atoms with Crippen molar-refractivity contribution in [3.05, 3.63) is 34.6 Å². The standard InChI is InChI=1S/C15H19N3OS/c1-3-5-8-13(19)17-18-14-12(7-6-9-16-14)10-11(4-2)15(18)20/h6-7,9-10H,3-5,8H2,1-2H3,(H,17,19). The van der Waals surface area contributed by atoms with Crippen molar-refractivity contribution < 1.29 is 4.79 Å². The molecule has 0 atom stereocenters. The molecule has 4 nitrogen and oxygen atoms in total. The van der Waals surface area contributed by atoms with Gasteiger partial charge in [-0.05, 0) is 36.6 Å². The van der Waals surface area contributed by atoms with E-state index in [1.54, 1.807) is 10.9 Å². The predicted molar refractivity (Wildman–Crippen MR) is 83.8 cm³/mol. The number of pyridine rings is 2. The first-order valence-electron chi connectivity index (χ1n) is 6.96. The first-order valence-corrected chi connectivity index (χ1v) is 7.37. The lowest BCUT2D eigenvalue weighted by Crippen LogP contribution is -2.25. The number of fused-ring (bicyclic) bond motifs is 1. The summed E-state index contributed by atoms with van der Waals surface area (Å²) < 4.78 is 2.27. The van der Waals surface area contributed by atoms with Crippen LogP contribution in [0.3, 0.4) is 0 Å². The van der Waals surface area contributed by atoms with Crippen molar-refractivity contribution in [3.8, 4) is 0 Å². The maximum Gasteiger partial charge on any atom is 0.238 e. The Kier molecular flexibility index (Phi) is 4.84. The summed E-state index contributed by atoms with van der Waals surface area (Å²) in [5.41, 5.74) is 4.61. The van der Waals surface area contributed by atoms with Crippen molar-refractivity contribution >= 4 is 29.2 Å². The zero-order valence-corrected chi connectivity index (χ0v) is 12.7. The Morgan fingerprint density at radius 1 is 1.45 bits per heavy atom. The first kappa shape index (κ1) is 14.7. The van der Waals surface area contributed by atoms with Crippen LogP contribution in [-0.4, -0.2) is 15.6 Å². The summed E-state index contributed by atoms with van der Waals surface area (Å²) in [7, 11) is 0. The molecule has 0 aromatic carbocycles. The number of nitrogens with one attached hydrogen (secondary N) is 1. The van der Waals surface area contributed by atoms with E-state index >= 15 is 0 Å². The molecule has 106 valence electrons. The molecule has 0 aliphatic rings. The van der Waals surface area contributed by atoms with Crippen LogP contribution in [0.25, 0.3) is 11.0 Å². The quantitative estimate of drug-likeness (QED) is 0.856. The van der Waals surface area contributed by atoms with Crippen molar-refractivity contribution in [2.45, 2.75) is 39.5 Å². The van der Waals surface area contributed by atoms with Crippen LogP contribution < -0.4 is 5.43 Å². The lowest BCUT2D eigenvalue weighted by molar-refractivity contribution is -0.117. The number of unbranched alkanes of at least 4 members (excludes halogenated alkanes) is 1. The molecule has 0 saturated heterocycles. The summed E-state index contributed by atoms with van der Waals surface area (Å²) in [5, 5.41) is 0.980. The molecule has 20 heavy (non-hydrogen) atoms. The molecule has 0 fully saturated rings. The van der Waals surface area contributed by atoms with E-state index in [2.05, 4.69) is 24.3 Å². The molecule has 2 heterocycles. The molecule has 0 bridgehead atoms. The average molecular weight is 289 g/mol. The molecule has 1 N–H and O–H groups in total. The molecular weight excluding hydrogens is 270 g/mol. The smallest absolute Gasteiger partial charge is 0.238 e. The van der Waals surface area contributed by atoms with Gasteiger partial charge in [-0.3, -0.25) is 10.2 Å². The fourth-order valence-electron chi connectivity index (χ4n) is 2.07. The lowest BCUT2D eigenvalue weighted by Gasteiger charge is -2.14. The third-order valence-corrected chi connectivity index (χ3v) is 3.66. The third-order valence-electron chi connectivity index (χ3n) is 3.21. The van der Waals surface area contributed by atoms with Gasteiger partial charge in [-0.2, -0.15) is 0 Å². The number of nitrogens with zero attached hydrogens (tertiary/aromatic N) is 2. The van der Waals surface area contributed by atoms with Gasteiger partial charge in [-0.15, -0.1) is 0 Å². The molecule has 0 unspecified atom stereocenters. The Balaban J connectivity index is 2.47. The number of rotatable bonds is 5. The molecule has 2 aromatic rings. The number of carbonyl (C=O) groups is 1. The van der Waals surface area contributed by atoms with E-state index in [0.29, 0.717) is 16.7 Å². The fraction of sp³-hybridized carbons (Fsp3) is 0.400. The average Bonchev–Trinajstić information content (AvgIpc) is 2.47. The lowest BCUT2D eigenvalue weighted by atomic mass is 10.2. The summed E-state index contributed by atoms with van der Waals surface area (Å²) in [4.78, 5) is 16.3. The van der Waals surface area contributed by atoms with E-state index in [4.69, 9.17) is 12.2 Å². The molecule has 0 radical (unpaired) electrons. The Morgan fingerprint density at radius 2 is 2.25 bits per heavy atom. The van der Waals surface area contributed by atoms with Crippen LogP contribution in [-0.2, 0) is 11.2 Å². The topological polar surface area (TPSA) is 46.9 Å². The SMILES string of the molecule is CCCCC(=O)Nn1c(=S)c(CC)cc2cccnc21. The molecule has 5 heteroatoms. The van der Waals surface area contributed by atoms with Gasteiger partial charge in [-0.1, -0.05) is 32.5 Å². The number of amides is 1. The van der Waals surface area contributed by atoms with E-state index in [1.165, 1.54) is 0 Å². The van der Waals surface area contributed by atoms with Gasteiger partial charge in [0, 0.05) is 18.0 Å². The van der Waals surface area contributed by atoms with Crippen LogP contribution in [0.5, 0.6) is 0 Å². The minimum Gasteiger partial charge on any atom is -0.273 e. The Labute approximate surface area is 123 Å². The molecule has 0 aliphatic carbocycles. The predicted octanol–water partition coefficient (Wildman–Crippen LogP) is 3.59. The van der Waals surface area contributed by atoms with E-state index in [-0.39, 0.29) is 5.91 Å². The fourth-order valence-corrected chi connectivity index (χ4v) is 2.41. The number of aryl methyl sites for hydroxylation is 1. The van der Waals surface area contributed by atoms with E-state index < -0.39 is 0 Å². The van der Waals surface area contributed by atoms with Crippen LogP contribution >= 0.6 is 12.2 Å². The van der Waals surface area contributed by atoms with E-state index in [0.717, 1.165) is 30.2 Å². The highest BCUT2D eigenvalue weighted by Gasteiger charge is 2.09. The van der Waals surface area contributed by atoms with Crippen LogP contribution in [0, 0.1) is 4.64 Å². The molecular formula is C15H19N3OS. The maximum atomic E-state index is 12.0. The first-order chi connectivity index (χ1) is 9.67. The van der Waals surface area contributed by atoms with Gasteiger partial charge in [-0.25, -0.2) is 9.66 Å². The van der Waals surface area contributed by atoms with Crippen LogP contribution in [0.15, 0.2) is 24.4 Å². The van der Waals surface area contributed by atoms with Gasteiger partial charge in [0.1, 0.15) is 4.64 Å². The summed E-state index contributed by atoms with van der Waals surface area (Å²) in [6, 6.07) is 5.90. The van der Waals surface area contributed by atoms with Crippen molar-refractivity contribution in [2.75, 3.05) is 5.43 Å². The zero-order chi connectivity index (χ0) is 14.5. The van der Waals surface area contributed by atoms with Crippen molar-refractivity contribution in [3.63, 3.8) is 0 Å². The number of hydrogen-bond acceptors (Lipinski definition) is 3. The monoisotopic (exact) mass is 289 g/mol. The summed E-state index contributed by atoms with van der Waals surface area (Å²) in [6.45, 7) is 4.12. The summed E-state index contributed by atoms with van der Waals surface area (Å²) in [6.07, 6.45) is 4.90. The molecule has 2 aromatic heterocycles.